The lowest BCUT2D eigenvalue weighted by atomic mass is 10.1. The molecule has 0 radical (unpaired) electrons. The lowest BCUT2D eigenvalue weighted by Gasteiger charge is -2.18. The molecule has 1 unspecified atom stereocenters. The Labute approximate surface area is 143 Å². The largest absolute Gasteiger partial charge is 0.450 e. The van der Waals surface area contributed by atoms with E-state index in [0.29, 0.717) is 45.5 Å². The summed E-state index contributed by atoms with van der Waals surface area (Å²) in [5.41, 5.74) is 0. The van der Waals surface area contributed by atoms with Gasteiger partial charge in [-0.25, -0.2) is 9.59 Å². The summed E-state index contributed by atoms with van der Waals surface area (Å²) in [6.45, 7) is 5.56. The average molecular weight is 346 g/mol. The van der Waals surface area contributed by atoms with Gasteiger partial charge in [-0.15, -0.1) is 0 Å². The second kappa shape index (κ2) is 14.6. The van der Waals surface area contributed by atoms with Crippen molar-refractivity contribution in [3.05, 3.63) is 0 Å². The molecule has 0 bridgehead atoms. The van der Waals surface area contributed by atoms with Gasteiger partial charge in [-0.3, -0.25) is 4.79 Å². The Morgan fingerprint density at radius 3 is 2.17 bits per heavy atom. The molecule has 1 atom stereocenters. The van der Waals surface area contributed by atoms with Crippen LogP contribution in [0.1, 0.15) is 33.1 Å². The third kappa shape index (κ3) is 11.5. The normalized spacial score (nSPS) is 11.3. The Bertz CT molecular complexity index is 379. The van der Waals surface area contributed by atoms with Crippen molar-refractivity contribution in [1.82, 2.24) is 21.3 Å². The predicted octanol–water partition coefficient (Wildman–Crippen LogP) is 0.353. The zero-order chi connectivity index (χ0) is 18.2. The summed E-state index contributed by atoms with van der Waals surface area (Å²) in [5, 5.41) is 10.8. The molecule has 0 aliphatic carbocycles. The minimum Gasteiger partial charge on any atom is -0.450 e. The molecule has 9 heteroatoms. The van der Waals surface area contributed by atoms with E-state index in [4.69, 9.17) is 9.47 Å². The summed E-state index contributed by atoms with van der Waals surface area (Å²) >= 11 is 0. The highest BCUT2D eigenvalue weighted by atomic mass is 16.6. The van der Waals surface area contributed by atoms with Crippen LogP contribution in [0.25, 0.3) is 0 Å². The Morgan fingerprint density at radius 1 is 0.875 bits per heavy atom. The standard InChI is InChI=1S/C15H30N4O5/c1-4-23-14(21)18-9-7-6-8-12(19-15(22)24-5-2)13(20)17-11-10-16-3/h12,16H,4-11H2,1-3H3,(H,17,20)(H,18,21)(H,19,22). The van der Waals surface area contributed by atoms with Gasteiger partial charge in [0.2, 0.25) is 5.91 Å². The van der Waals surface area contributed by atoms with Gasteiger partial charge in [0.15, 0.2) is 0 Å². The Kier molecular flexibility index (Phi) is 13.3. The van der Waals surface area contributed by atoms with Gasteiger partial charge in [0.05, 0.1) is 13.2 Å². The summed E-state index contributed by atoms with van der Waals surface area (Å²) in [7, 11) is 1.79. The minimum atomic E-state index is -0.663. The molecule has 0 rings (SSSR count). The van der Waals surface area contributed by atoms with Crippen LogP contribution in [0.5, 0.6) is 0 Å². The van der Waals surface area contributed by atoms with Gasteiger partial charge in [0, 0.05) is 19.6 Å². The molecule has 140 valence electrons. The molecule has 24 heavy (non-hydrogen) atoms. The van der Waals surface area contributed by atoms with Gasteiger partial charge >= 0.3 is 12.2 Å². The fourth-order valence-electron chi connectivity index (χ4n) is 1.86. The van der Waals surface area contributed by atoms with Crippen molar-refractivity contribution < 1.29 is 23.9 Å². The van der Waals surface area contributed by atoms with E-state index >= 15 is 0 Å². The second-order valence-corrected chi connectivity index (χ2v) is 4.96. The van der Waals surface area contributed by atoms with Gasteiger partial charge < -0.3 is 30.7 Å². The van der Waals surface area contributed by atoms with Crippen LogP contribution in [0.4, 0.5) is 9.59 Å². The van der Waals surface area contributed by atoms with Gasteiger partial charge in [0.1, 0.15) is 6.04 Å². The maximum atomic E-state index is 12.1. The van der Waals surface area contributed by atoms with E-state index < -0.39 is 18.2 Å². The molecular formula is C15H30N4O5. The highest BCUT2D eigenvalue weighted by Gasteiger charge is 2.20. The molecule has 3 amide bonds. The van der Waals surface area contributed by atoms with E-state index in [2.05, 4.69) is 21.3 Å². The van der Waals surface area contributed by atoms with Crippen molar-refractivity contribution >= 4 is 18.1 Å². The van der Waals surface area contributed by atoms with Crippen LogP contribution >= 0.6 is 0 Å². The van der Waals surface area contributed by atoms with Crippen molar-refractivity contribution in [3.8, 4) is 0 Å². The maximum Gasteiger partial charge on any atom is 0.407 e. The number of hydrogen-bond donors (Lipinski definition) is 4. The molecular weight excluding hydrogens is 316 g/mol. The molecule has 0 spiro atoms. The second-order valence-electron chi connectivity index (χ2n) is 4.96. The molecule has 4 N–H and O–H groups in total. The molecule has 9 nitrogen and oxygen atoms in total. The molecule has 0 aromatic carbocycles. The van der Waals surface area contributed by atoms with Crippen LogP contribution in [0.3, 0.4) is 0 Å². The minimum absolute atomic E-state index is 0.239. The van der Waals surface area contributed by atoms with E-state index in [1.807, 2.05) is 0 Å². The zero-order valence-electron chi connectivity index (χ0n) is 14.8. The number of likely N-dealkylation sites (N-methyl/N-ethyl adjacent to an activating group) is 1. The summed E-state index contributed by atoms with van der Waals surface area (Å²) in [6.07, 6.45) is 0.709. The Balaban J connectivity index is 4.20. The summed E-state index contributed by atoms with van der Waals surface area (Å²) in [4.78, 5) is 34.8. The number of nitrogens with one attached hydrogen (secondary N) is 4. The smallest absolute Gasteiger partial charge is 0.407 e. The first-order valence-corrected chi connectivity index (χ1v) is 8.31. The number of alkyl carbamates (subject to hydrolysis) is 2. The van der Waals surface area contributed by atoms with Crippen molar-refractivity contribution in [2.75, 3.05) is 39.9 Å². The summed E-state index contributed by atoms with van der Waals surface area (Å²) in [6, 6.07) is -0.663. The van der Waals surface area contributed by atoms with Crippen LogP contribution in [0, 0.1) is 0 Å². The SMILES string of the molecule is CCOC(=O)NCCCCC(NC(=O)OCC)C(=O)NCCNC. The van der Waals surface area contributed by atoms with Crippen molar-refractivity contribution in [2.45, 2.75) is 39.2 Å². The quantitative estimate of drug-likeness (QED) is 0.379. The highest BCUT2D eigenvalue weighted by molar-refractivity contribution is 5.85. The topological polar surface area (TPSA) is 118 Å². The van der Waals surface area contributed by atoms with Crippen LogP contribution in [0.15, 0.2) is 0 Å². The number of rotatable bonds is 12. The lowest BCUT2D eigenvalue weighted by molar-refractivity contribution is -0.123. The monoisotopic (exact) mass is 346 g/mol. The average Bonchev–Trinajstić information content (AvgIpc) is 2.54. The van der Waals surface area contributed by atoms with Gasteiger partial charge in [-0.05, 0) is 40.2 Å². The van der Waals surface area contributed by atoms with E-state index in [9.17, 15) is 14.4 Å². The van der Waals surface area contributed by atoms with Gasteiger partial charge in [0.25, 0.3) is 0 Å². The third-order valence-corrected chi connectivity index (χ3v) is 3.02. The summed E-state index contributed by atoms with van der Waals surface area (Å²) < 4.78 is 9.57. The highest BCUT2D eigenvalue weighted by Crippen LogP contribution is 2.02. The van der Waals surface area contributed by atoms with Crippen LogP contribution in [-0.2, 0) is 14.3 Å². The molecule has 0 saturated carbocycles. The molecule has 0 fully saturated rings. The Morgan fingerprint density at radius 2 is 1.54 bits per heavy atom. The molecule has 0 aliphatic heterocycles. The number of unbranched alkanes of at least 4 members (excludes halogenated alkanes) is 1. The molecule has 0 aromatic rings. The number of amides is 3. The third-order valence-electron chi connectivity index (χ3n) is 3.02. The molecule has 0 saturated heterocycles. The van der Waals surface area contributed by atoms with Crippen molar-refractivity contribution in [2.24, 2.45) is 0 Å². The molecule has 0 aromatic heterocycles. The number of hydrogen-bond acceptors (Lipinski definition) is 6. The predicted molar refractivity (Wildman–Crippen MR) is 89.8 cm³/mol. The molecule has 0 heterocycles. The van der Waals surface area contributed by atoms with E-state index in [1.165, 1.54) is 0 Å². The van der Waals surface area contributed by atoms with Gasteiger partial charge in [-0.1, -0.05) is 0 Å². The van der Waals surface area contributed by atoms with Crippen LogP contribution in [0.2, 0.25) is 0 Å². The number of carbonyl (C=O) groups excluding carboxylic acids is 3. The number of ether oxygens (including phenoxy) is 2. The lowest BCUT2D eigenvalue weighted by Crippen LogP contribution is -2.48. The van der Waals surface area contributed by atoms with Crippen LogP contribution in [-0.4, -0.2) is 64.0 Å². The molecule has 0 aliphatic rings. The van der Waals surface area contributed by atoms with Crippen molar-refractivity contribution in [1.29, 1.82) is 0 Å². The number of carbonyl (C=O) groups is 3. The van der Waals surface area contributed by atoms with E-state index in [0.717, 1.165) is 0 Å². The van der Waals surface area contributed by atoms with Crippen molar-refractivity contribution in [3.63, 3.8) is 0 Å². The van der Waals surface area contributed by atoms with E-state index in [-0.39, 0.29) is 12.5 Å². The maximum absolute atomic E-state index is 12.1. The first kappa shape index (κ1) is 22.0. The first-order valence-electron chi connectivity index (χ1n) is 8.31. The fraction of sp³-hybridized carbons (Fsp3) is 0.800. The fourth-order valence-corrected chi connectivity index (χ4v) is 1.86. The van der Waals surface area contributed by atoms with Gasteiger partial charge in [-0.2, -0.15) is 0 Å². The zero-order valence-corrected chi connectivity index (χ0v) is 14.8. The Hall–Kier alpha value is -2.03. The van der Waals surface area contributed by atoms with Crippen LogP contribution < -0.4 is 21.3 Å². The summed E-state index contributed by atoms with van der Waals surface area (Å²) in [5.74, 6) is -0.253. The van der Waals surface area contributed by atoms with E-state index in [1.54, 1.807) is 20.9 Å². The first-order chi connectivity index (χ1) is 11.5.